The highest BCUT2D eigenvalue weighted by Gasteiger charge is 2.19. The first-order valence-corrected chi connectivity index (χ1v) is 6.47. The lowest BCUT2D eigenvalue weighted by Crippen LogP contribution is -2.28. The zero-order chi connectivity index (χ0) is 13.0. The third-order valence-electron chi connectivity index (χ3n) is 3.44. The molecule has 0 amide bonds. The van der Waals surface area contributed by atoms with Crippen molar-refractivity contribution in [3.63, 3.8) is 0 Å². The van der Waals surface area contributed by atoms with Gasteiger partial charge in [-0.3, -0.25) is 0 Å². The van der Waals surface area contributed by atoms with Gasteiger partial charge in [0.15, 0.2) is 0 Å². The van der Waals surface area contributed by atoms with Crippen LogP contribution in [0.15, 0.2) is 18.2 Å². The normalized spacial score (nSPS) is 24.2. The summed E-state index contributed by atoms with van der Waals surface area (Å²) in [5, 5.41) is 12.7. The molecule has 0 saturated heterocycles. The maximum atomic E-state index is 13.0. The molecule has 1 aliphatic rings. The molecule has 0 spiro atoms. The summed E-state index contributed by atoms with van der Waals surface area (Å²) in [6, 6.07) is 3.55. The van der Waals surface area contributed by atoms with E-state index in [9.17, 15) is 13.9 Å². The van der Waals surface area contributed by atoms with Crippen LogP contribution >= 0.6 is 0 Å². The minimum atomic E-state index is -0.542. The van der Waals surface area contributed by atoms with Gasteiger partial charge < -0.3 is 10.4 Å². The fourth-order valence-corrected chi connectivity index (χ4v) is 2.58. The molecular weight excluding hydrogens is 236 g/mol. The van der Waals surface area contributed by atoms with Gasteiger partial charge in [-0.2, -0.15) is 0 Å². The Labute approximate surface area is 106 Å². The van der Waals surface area contributed by atoms with E-state index in [1.165, 1.54) is 12.1 Å². The highest BCUT2D eigenvalue weighted by molar-refractivity contribution is 5.17. The summed E-state index contributed by atoms with van der Waals surface area (Å²) in [5.74, 6) is -0.619. The van der Waals surface area contributed by atoms with Crippen LogP contribution in [0.4, 0.5) is 8.78 Å². The largest absolute Gasteiger partial charge is 0.393 e. The molecule has 2 nitrogen and oxygen atoms in total. The number of rotatable bonds is 4. The van der Waals surface area contributed by atoms with Crippen molar-refractivity contribution in [1.82, 2.24) is 5.32 Å². The van der Waals surface area contributed by atoms with E-state index in [0.717, 1.165) is 38.3 Å². The zero-order valence-electron chi connectivity index (χ0n) is 10.3. The van der Waals surface area contributed by atoms with Crippen molar-refractivity contribution in [3.05, 3.63) is 35.4 Å². The maximum Gasteiger partial charge on any atom is 0.126 e. The molecule has 0 aliphatic heterocycles. The summed E-state index contributed by atoms with van der Waals surface area (Å²) in [6.45, 7) is 1.25. The Kier molecular flexibility index (Phi) is 4.66. The lowest BCUT2D eigenvalue weighted by atomic mass is 9.87. The van der Waals surface area contributed by atoms with Gasteiger partial charge in [0.05, 0.1) is 6.10 Å². The highest BCUT2D eigenvalue weighted by atomic mass is 19.1. The molecule has 0 radical (unpaired) electrons. The number of hydrogen-bond donors (Lipinski definition) is 2. The van der Waals surface area contributed by atoms with Crippen LogP contribution in [0.2, 0.25) is 0 Å². The smallest absolute Gasteiger partial charge is 0.126 e. The van der Waals surface area contributed by atoms with Gasteiger partial charge in [-0.15, -0.1) is 0 Å². The Bertz CT molecular complexity index is 377. The van der Waals surface area contributed by atoms with Gasteiger partial charge in [-0.25, -0.2) is 8.78 Å². The predicted molar refractivity (Wildman–Crippen MR) is 66.0 cm³/mol. The van der Waals surface area contributed by atoms with E-state index in [4.69, 9.17) is 0 Å². The Morgan fingerprint density at radius 2 is 1.89 bits per heavy atom. The fraction of sp³-hybridized carbons (Fsp3) is 0.571. The summed E-state index contributed by atoms with van der Waals surface area (Å²) >= 11 is 0. The summed E-state index contributed by atoms with van der Waals surface area (Å²) in [5.41, 5.74) is 0.615. The molecule has 1 aliphatic carbocycles. The predicted octanol–water partition coefficient (Wildman–Crippen LogP) is 2.61. The molecule has 18 heavy (non-hydrogen) atoms. The van der Waals surface area contributed by atoms with Crippen LogP contribution < -0.4 is 5.32 Å². The molecule has 4 heteroatoms. The van der Waals surface area contributed by atoms with Crippen molar-refractivity contribution in [3.8, 4) is 0 Å². The van der Waals surface area contributed by atoms with E-state index < -0.39 is 11.6 Å². The van der Waals surface area contributed by atoms with E-state index in [2.05, 4.69) is 5.32 Å². The van der Waals surface area contributed by atoms with E-state index in [1.807, 2.05) is 0 Å². The van der Waals surface area contributed by atoms with Crippen molar-refractivity contribution >= 4 is 0 Å². The Hall–Kier alpha value is -1.00. The second kappa shape index (κ2) is 6.25. The number of aliphatic hydroxyl groups is 1. The van der Waals surface area contributed by atoms with Crippen molar-refractivity contribution in [2.75, 3.05) is 6.54 Å². The summed E-state index contributed by atoms with van der Waals surface area (Å²) in [6.07, 6.45) is 3.71. The third-order valence-corrected chi connectivity index (χ3v) is 3.44. The monoisotopic (exact) mass is 255 g/mol. The lowest BCUT2D eigenvalue weighted by molar-refractivity contribution is 0.101. The van der Waals surface area contributed by atoms with Crippen LogP contribution in [0.25, 0.3) is 0 Å². The highest BCUT2D eigenvalue weighted by Crippen LogP contribution is 2.23. The van der Waals surface area contributed by atoms with Gasteiger partial charge in [-0.1, -0.05) is 6.42 Å². The van der Waals surface area contributed by atoms with E-state index in [1.54, 1.807) is 0 Å². The summed E-state index contributed by atoms with van der Waals surface area (Å²) in [7, 11) is 0. The van der Waals surface area contributed by atoms with E-state index in [-0.39, 0.29) is 6.10 Å². The molecule has 0 bridgehead atoms. The maximum absolute atomic E-state index is 13.0. The fourth-order valence-electron chi connectivity index (χ4n) is 2.58. The number of aliphatic hydroxyl groups excluding tert-OH is 1. The molecule has 1 fully saturated rings. The quantitative estimate of drug-likeness (QED) is 0.866. The molecule has 1 aromatic carbocycles. The first kappa shape index (κ1) is 13.4. The van der Waals surface area contributed by atoms with Crippen LogP contribution in [0.5, 0.6) is 0 Å². The Morgan fingerprint density at radius 3 is 2.56 bits per heavy atom. The van der Waals surface area contributed by atoms with Crippen LogP contribution in [-0.4, -0.2) is 17.8 Å². The van der Waals surface area contributed by atoms with Crippen molar-refractivity contribution < 1.29 is 13.9 Å². The molecule has 2 N–H and O–H groups in total. The standard InChI is InChI=1S/C14H19F2NO/c15-12-4-11(5-13(16)7-12)9-17-8-10-2-1-3-14(18)6-10/h4-5,7,10,14,17-18H,1-3,6,8-9H2. The molecule has 2 unspecified atom stereocenters. The molecule has 2 rings (SSSR count). The Balaban J connectivity index is 1.77. The zero-order valence-corrected chi connectivity index (χ0v) is 10.3. The van der Waals surface area contributed by atoms with Gasteiger partial charge >= 0.3 is 0 Å². The van der Waals surface area contributed by atoms with Gasteiger partial charge in [0.25, 0.3) is 0 Å². The number of halogens is 2. The lowest BCUT2D eigenvalue weighted by Gasteiger charge is -2.26. The average molecular weight is 255 g/mol. The second-order valence-electron chi connectivity index (χ2n) is 5.10. The minimum Gasteiger partial charge on any atom is -0.393 e. The average Bonchev–Trinajstić information content (AvgIpc) is 2.27. The molecule has 0 heterocycles. The minimum absolute atomic E-state index is 0.183. The molecule has 2 atom stereocenters. The van der Waals surface area contributed by atoms with E-state index >= 15 is 0 Å². The molecular formula is C14H19F2NO. The first-order chi connectivity index (χ1) is 8.63. The number of benzene rings is 1. The van der Waals surface area contributed by atoms with Crippen molar-refractivity contribution in [2.45, 2.75) is 38.3 Å². The van der Waals surface area contributed by atoms with Gasteiger partial charge in [0.2, 0.25) is 0 Å². The van der Waals surface area contributed by atoms with Gasteiger partial charge in [-0.05, 0) is 49.4 Å². The van der Waals surface area contributed by atoms with Crippen LogP contribution in [-0.2, 0) is 6.54 Å². The summed E-state index contributed by atoms with van der Waals surface area (Å²) < 4.78 is 25.9. The number of hydrogen-bond acceptors (Lipinski definition) is 2. The molecule has 1 saturated carbocycles. The second-order valence-corrected chi connectivity index (χ2v) is 5.10. The molecule has 1 aromatic rings. The summed E-state index contributed by atoms with van der Waals surface area (Å²) in [4.78, 5) is 0. The van der Waals surface area contributed by atoms with Crippen molar-refractivity contribution in [1.29, 1.82) is 0 Å². The number of nitrogens with one attached hydrogen (secondary N) is 1. The molecule has 100 valence electrons. The topological polar surface area (TPSA) is 32.3 Å². The third kappa shape index (κ3) is 4.03. The van der Waals surface area contributed by atoms with Crippen LogP contribution in [0, 0.1) is 17.6 Å². The molecule has 0 aromatic heterocycles. The van der Waals surface area contributed by atoms with Crippen LogP contribution in [0.1, 0.15) is 31.2 Å². The van der Waals surface area contributed by atoms with Crippen LogP contribution in [0.3, 0.4) is 0 Å². The first-order valence-electron chi connectivity index (χ1n) is 6.47. The van der Waals surface area contributed by atoms with Crippen molar-refractivity contribution in [2.24, 2.45) is 5.92 Å². The SMILES string of the molecule is OC1CCCC(CNCc2cc(F)cc(F)c2)C1. The van der Waals surface area contributed by atoms with Gasteiger partial charge in [0.1, 0.15) is 11.6 Å². The van der Waals surface area contributed by atoms with E-state index in [0.29, 0.717) is 18.0 Å². The Morgan fingerprint density at radius 1 is 1.17 bits per heavy atom. The van der Waals surface area contributed by atoms with Gasteiger partial charge in [0, 0.05) is 12.6 Å².